The second kappa shape index (κ2) is 10.8. The largest absolute Gasteiger partial charge is 0.497 e. The number of methoxy groups -OCH3 is 3. The van der Waals surface area contributed by atoms with Crippen LogP contribution < -0.4 is 19.6 Å². The lowest BCUT2D eigenvalue weighted by atomic mass is 10.1. The van der Waals surface area contributed by atoms with Crippen LogP contribution in [0, 0.1) is 0 Å². The summed E-state index contributed by atoms with van der Waals surface area (Å²) in [4.78, 5) is 37.2. The van der Waals surface area contributed by atoms with Crippen LogP contribution in [0.1, 0.15) is 15.9 Å². The summed E-state index contributed by atoms with van der Waals surface area (Å²) in [6.07, 6.45) is 1.55. The second-order valence-electron chi connectivity index (χ2n) is 6.43. The number of hydrazine groups is 1. The second-order valence-corrected chi connectivity index (χ2v) is 8.11. The number of carbonyl (C=O) groups is 3. The molecule has 2 aromatic carbocycles. The predicted octanol–water partition coefficient (Wildman–Crippen LogP) is 2.80. The van der Waals surface area contributed by atoms with E-state index in [1.165, 1.54) is 21.3 Å². The highest BCUT2D eigenvalue weighted by Gasteiger charge is 2.34. The molecule has 2 amide bonds. The van der Waals surface area contributed by atoms with E-state index in [0.29, 0.717) is 22.6 Å². The normalized spacial score (nSPS) is 14.3. The van der Waals surface area contributed by atoms with E-state index in [0.717, 1.165) is 16.8 Å². The maximum atomic E-state index is 12.9. The van der Waals surface area contributed by atoms with Gasteiger partial charge >= 0.3 is 5.97 Å². The number of carbonyl (C=O) groups excluding carboxylic acids is 3. The van der Waals surface area contributed by atoms with Gasteiger partial charge in [-0.25, -0.2) is 4.79 Å². The highest BCUT2D eigenvalue weighted by molar-refractivity contribution is 8.26. The van der Waals surface area contributed by atoms with Crippen molar-refractivity contribution in [3.8, 4) is 17.2 Å². The summed E-state index contributed by atoms with van der Waals surface area (Å²) in [5.74, 6) is -0.343. The minimum atomic E-state index is -0.570. The summed E-state index contributed by atoms with van der Waals surface area (Å²) >= 11 is 6.29. The van der Waals surface area contributed by atoms with E-state index >= 15 is 0 Å². The molecule has 3 rings (SSSR count). The summed E-state index contributed by atoms with van der Waals surface area (Å²) in [6.45, 7) is -0.337. The summed E-state index contributed by atoms with van der Waals surface area (Å²) in [5.41, 5.74) is 3.34. The first-order valence-electron chi connectivity index (χ1n) is 9.47. The van der Waals surface area contributed by atoms with Crippen molar-refractivity contribution in [2.24, 2.45) is 0 Å². The first-order valence-corrected chi connectivity index (χ1v) is 10.7. The van der Waals surface area contributed by atoms with Crippen molar-refractivity contribution in [1.29, 1.82) is 0 Å². The molecule has 2 aromatic rings. The van der Waals surface area contributed by atoms with E-state index in [4.69, 9.17) is 26.4 Å². The van der Waals surface area contributed by atoms with E-state index < -0.39 is 17.8 Å². The SMILES string of the molecule is COC(=O)COc1c(/C=C2/SC(=S)N(NC(=O)c3ccc(OC)cc3)C2=O)cccc1OC. The minimum Gasteiger partial charge on any atom is -0.497 e. The number of nitrogens with one attached hydrogen (secondary N) is 1. The number of ether oxygens (including phenoxy) is 4. The molecule has 33 heavy (non-hydrogen) atoms. The van der Waals surface area contributed by atoms with Crippen molar-refractivity contribution in [1.82, 2.24) is 10.4 Å². The molecule has 11 heteroatoms. The Morgan fingerprint density at radius 2 is 1.82 bits per heavy atom. The van der Waals surface area contributed by atoms with Crippen LogP contribution in [-0.2, 0) is 14.3 Å². The van der Waals surface area contributed by atoms with E-state index in [9.17, 15) is 14.4 Å². The van der Waals surface area contributed by atoms with Crippen LogP contribution in [-0.4, -0.2) is 55.0 Å². The minimum absolute atomic E-state index is 0.160. The van der Waals surface area contributed by atoms with Crippen molar-refractivity contribution in [3.63, 3.8) is 0 Å². The number of benzene rings is 2. The van der Waals surface area contributed by atoms with Crippen LogP contribution in [0.4, 0.5) is 0 Å². The Bertz CT molecular complexity index is 1120. The van der Waals surface area contributed by atoms with Crippen molar-refractivity contribution in [3.05, 3.63) is 58.5 Å². The molecule has 9 nitrogen and oxygen atoms in total. The van der Waals surface area contributed by atoms with Crippen LogP contribution >= 0.6 is 24.0 Å². The van der Waals surface area contributed by atoms with Gasteiger partial charge in [0.15, 0.2) is 22.4 Å². The summed E-state index contributed by atoms with van der Waals surface area (Å²) in [5, 5.41) is 1.01. The molecule has 0 aliphatic carbocycles. The number of rotatable bonds is 8. The van der Waals surface area contributed by atoms with Crippen LogP contribution in [0.15, 0.2) is 47.4 Å². The number of para-hydroxylation sites is 1. The maximum Gasteiger partial charge on any atom is 0.343 e. The lowest BCUT2D eigenvalue weighted by Gasteiger charge is -2.16. The molecule has 1 aliphatic heterocycles. The van der Waals surface area contributed by atoms with Crippen molar-refractivity contribution >= 4 is 52.2 Å². The van der Waals surface area contributed by atoms with Crippen LogP contribution in [0.25, 0.3) is 6.08 Å². The van der Waals surface area contributed by atoms with Gasteiger partial charge in [-0.05, 0) is 48.6 Å². The molecular formula is C22H20N2O7S2. The van der Waals surface area contributed by atoms with Gasteiger partial charge in [0, 0.05) is 11.1 Å². The van der Waals surface area contributed by atoms with E-state index in [2.05, 4.69) is 10.2 Å². The zero-order valence-electron chi connectivity index (χ0n) is 17.9. The Labute approximate surface area is 199 Å². The first kappa shape index (κ1) is 24.1. The Hall–Kier alpha value is -3.57. The van der Waals surface area contributed by atoms with Crippen molar-refractivity contribution < 1.29 is 33.3 Å². The molecule has 0 saturated carbocycles. The van der Waals surface area contributed by atoms with E-state index in [1.54, 1.807) is 48.5 Å². The molecule has 172 valence electrons. The lowest BCUT2D eigenvalue weighted by Crippen LogP contribution is -2.44. The van der Waals surface area contributed by atoms with Gasteiger partial charge in [0.05, 0.1) is 26.2 Å². The third kappa shape index (κ3) is 5.62. The van der Waals surface area contributed by atoms with Gasteiger partial charge in [0.1, 0.15) is 5.75 Å². The number of thiocarbonyl (C=S) groups is 1. The lowest BCUT2D eigenvalue weighted by molar-refractivity contribution is -0.142. The number of nitrogens with zero attached hydrogens (tertiary/aromatic N) is 1. The number of esters is 1. The Kier molecular flexibility index (Phi) is 7.91. The zero-order valence-corrected chi connectivity index (χ0v) is 19.6. The average molecular weight is 489 g/mol. The maximum absolute atomic E-state index is 12.9. The Morgan fingerprint density at radius 1 is 1.09 bits per heavy atom. The predicted molar refractivity (Wildman–Crippen MR) is 126 cm³/mol. The van der Waals surface area contributed by atoms with Crippen molar-refractivity contribution in [2.45, 2.75) is 0 Å². The molecule has 1 saturated heterocycles. The molecule has 1 N–H and O–H groups in total. The first-order chi connectivity index (χ1) is 15.9. The van der Waals surface area contributed by atoms with E-state index in [-0.39, 0.29) is 21.6 Å². The fourth-order valence-corrected chi connectivity index (χ4v) is 3.94. The number of hydrogen-bond donors (Lipinski definition) is 1. The Morgan fingerprint density at radius 3 is 2.45 bits per heavy atom. The van der Waals surface area contributed by atoms with Crippen molar-refractivity contribution in [2.75, 3.05) is 27.9 Å². The summed E-state index contributed by atoms with van der Waals surface area (Å²) in [7, 11) is 4.23. The molecule has 0 radical (unpaired) electrons. The summed E-state index contributed by atoms with van der Waals surface area (Å²) < 4.78 is 20.7. The molecule has 0 bridgehead atoms. The van der Waals surface area contributed by atoms with E-state index in [1.807, 2.05) is 0 Å². The third-order valence-electron chi connectivity index (χ3n) is 4.44. The number of hydrogen-bond acceptors (Lipinski definition) is 9. The average Bonchev–Trinajstić information content (AvgIpc) is 3.09. The molecule has 0 atom stereocenters. The quantitative estimate of drug-likeness (QED) is 0.341. The smallest absolute Gasteiger partial charge is 0.343 e. The van der Waals surface area contributed by atoms with Gasteiger partial charge in [-0.3, -0.25) is 15.0 Å². The van der Waals surface area contributed by atoms with Gasteiger partial charge in [0.2, 0.25) is 0 Å². The monoisotopic (exact) mass is 488 g/mol. The third-order valence-corrected chi connectivity index (χ3v) is 5.74. The van der Waals surface area contributed by atoms with Crippen LogP contribution in [0.5, 0.6) is 17.2 Å². The standard InChI is InChI=1S/C22H20N2O7S2/c1-28-15-9-7-13(8-10-15)20(26)23-24-21(27)17(33-22(24)32)11-14-5-4-6-16(29-2)19(14)31-12-18(25)30-3/h4-11H,12H2,1-3H3,(H,23,26)/b17-11+. The fraction of sp³-hybridized carbons (Fsp3) is 0.182. The van der Waals surface area contributed by atoms with Gasteiger partial charge in [-0.2, -0.15) is 5.01 Å². The molecule has 1 fully saturated rings. The van der Waals surface area contributed by atoms with Gasteiger partial charge in [-0.1, -0.05) is 23.9 Å². The van der Waals surface area contributed by atoms with Crippen LogP contribution in [0.3, 0.4) is 0 Å². The van der Waals surface area contributed by atoms with Gasteiger partial charge < -0.3 is 18.9 Å². The topological polar surface area (TPSA) is 103 Å². The number of amides is 2. The molecular weight excluding hydrogens is 468 g/mol. The molecule has 0 spiro atoms. The number of thioether (sulfide) groups is 1. The summed E-state index contributed by atoms with van der Waals surface area (Å²) in [6, 6.07) is 11.5. The molecule has 0 unspecified atom stereocenters. The van der Waals surface area contributed by atoms with Crippen LogP contribution in [0.2, 0.25) is 0 Å². The van der Waals surface area contributed by atoms with Gasteiger partial charge in [-0.15, -0.1) is 0 Å². The zero-order chi connectivity index (χ0) is 24.0. The highest BCUT2D eigenvalue weighted by Crippen LogP contribution is 2.37. The highest BCUT2D eigenvalue weighted by atomic mass is 32.2. The molecule has 1 heterocycles. The molecule has 1 aliphatic rings. The van der Waals surface area contributed by atoms with Gasteiger partial charge in [0.25, 0.3) is 11.8 Å². The Balaban J connectivity index is 1.81. The fourth-order valence-electron chi connectivity index (χ4n) is 2.77. The molecule has 0 aromatic heterocycles.